The van der Waals surface area contributed by atoms with Crippen LogP contribution in [-0.2, 0) is 39.9 Å². The first-order valence-corrected chi connectivity index (χ1v) is 20.2. The van der Waals surface area contributed by atoms with Gasteiger partial charge in [0, 0.05) is 39.9 Å². The average Bonchev–Trinajstić information content (AvgIpc) is 3.62. The first-order valence-electron chi connectivity index (χ1n) is 20.2. The highest BCUT2D eigenvalue weighted by atomic mass is 16.5. The van der Waals surface area contributed by atoms with Crippen LogP contribution in [0.25, 0.3) is 0 Å². The zero-order valence-electron chi connectivity index (χ0n) is 36.4. The molecule has 56 heavy (non-hydrogen) atoms. The minimum absolute atomic E-state index is 0.00558. The molecule has 316 valence electrons. The molecule has 1 aliphatic heterocycles. The lowest BCUT2D eigenvalue weighted by molar-refractivity contribution is -0.148. The Labute approximate surface area is 336 Å². The Morgan fingerprint density at radius 3 is 2.02 bits per heavy atom. The number of benzene rings is 1. The smallest absolute Gasteiger partial charge is 0.247 e. The Balaban J connectivity index is 2.31. The number of carbonyl (C=O) groups excluding carboxylic acids is 5. The van der Waals surface area contributed by atoms with Crippen molar-refractivity contribution in [1.82, 2.24) is 30.7 Å². The number of hydrogen-bond acceptors (Lipinski definition) is 8. The number of likely N-dealkylation sites (tertiary alicyclic amines) is 1. The molecule has 13 nitrogen and oxygen atoms in total. The van der Waals surface area contributed by atoms with Gasteiger partial charge in [0.05, 0.1) is 42.7 Å². The zero-order chi connectivity index (χ0) is 42.4. The first kappa shape index (κ1) is 48.3. The summed E-state index contributed by atoms with van der Waals surface area (Å²) >= 11 is 0. The molecule has 0 aromatic heterocycles. The molecule has 2 rings (SSSR count). The second-order valence-corrected chi connectivity index (χ2v) is 16.5. The molecule has 1 aliphatic rings. The van der Waals surface area contributed by atoms with Gasteiger partial charge in [-0.3, -0.25) is 28.9 Å². The third-order valence-electron chi connectivity index (χ3n) is 11.2. The highest BCUT2D eigenvalue weighted by molar-refractivity contribution is 5.91. The number of ether oxygens (including phenoxy) is 2. The molecular formula is C43H72N6O7. The van der Waals surface area contributed by atoms with Crippen LogP contribution < -0.4 is 16.0 Å². The van der Waals surface area contributed by atoms with Crippen LogP contribution in [0.4, 0.5) is 0 Å². The minimum Gasteiger partial charge on any atom is -0.379 e. The number of allylic oxidation sites excluding steroid dienone is 1. The van der Waals surface area contributed by atoms with Crippen molar-refractivity contribution in [3.05, 3.63) is 48.2 Å². The number of hydrogen-bond donors (Lipinski definition) is 3. The summed E-state index contributed by atoms with van der Waals surface area (Å²) in [5.41, 5.74) is 1.36. The molecule has 0 radical (unpaired) electrons. The summed E-state index contributed by atoms with van der Waals surface area (Å²) in [5, 5.41) is 8.70. The molecule has 1 saturated heterocycles. The highest BCUT2D eigenvalue weighted by Crippen LogP contribution is 2.30. The van der Waals surface area contributed by atoms with Gasteiger partial charge in [0.25, 0.3) is 0 Å². The lowest BCUT2D eigenvalue weighted by atomic mass is 9.89. The van der Waals surface area contributed by atoms with Crippen molar-refractivity contribution in [3.8, 4) is 0 Å². The van der Waals surface area contributed by atoms with Gasteiger partial charge in [-0.2, -0.15) is 0 Å². The van der Waals surface area contributed by atoms with Gasteiger partial charge >= 0.3 is 0 Å². The monoisotopic (exact) mass is 785 g/mol. The quantitative estimate of drug-likeness (QED) is 0.160. The maximum atomic E-state index is 14.3. The Morgan fingerprint density at radius 2 is 1.52 bits per heavy atom. The standard InChI is InChI=1S/C43H72N6O7/c1-15-29(8)38(48(12)43(54)36(26(2)3)46-42(53)37(27(4)5)47(10)11)34(55-13)25-35(50)49-23-19-22-33(49)39(56-14)30(9)40(51)45-32(41(52)44-28(6)7)24-31-20-17-16-18-21-31/h16-18,20-21,26-27,29-30,32-34,36-39H,6,15,19,22-25H2,1-5,7-14H3,(H,44,52)(H,45,51)(H,46,53)/t29-,30+,32-,33-,34+,36-,37-,38-,39+/m0/s1. The van der Waals surface area contributed by atoms with Crippen molar-refractivity contribution in [2.45, 2.75) is 130 Å². The SMILES string of the molecule is C=C(C)NC(=O)[C@H](Cc1ccccc1)NC(=O)[C@H](C)[C@@H](OC)[C@@H]1CCCN1C(=O)C[C@@H](OC)[C@H]([C@@H](C)CC)N(C)C(=O)[C@@H](NC(=O)[C@H](C(C)C)N(C)C)C(C)C. The number of amides is 5. The van der Waals surface area contributed by atoms with Gasteiger partial charge in [0.1, 0.15) is 12.1 Å². The fourth-order valence-electron chi connectivity index (χ4n) is 8.07. The molecular weight excluding hydrogens is 713 g/mol. The van der Waals surface area contributed by atoms with Crippen molar-refractivity contribution in [3.63, 3.8) is 0 Å². The molecule has 1 fully saturated rings. The summed E-state index contributed by atoms with van der Waals surface area (Å²) in [6.07, 6.45) is 1.09. The molecule has 0 bridgehead atoms. The molecule has 0 unspecified atom stereocenters. The van der Waals surface area contributed by atoms with Crippen molar-refractivity contribution < 1.29 is 33.4 Å². The van der Waals surface area contributed by atoms with Crippen LogP contribution in [0.2, 0.25) is 0 Å². The van der Waals surface area contributed by atoms with E-state index in [1.165, 1.54) is 7.11 Å². The number of carbonyl (C=O) groups is 5. The topological polar surface area (TPSA) is 150 Å². The molecule has 3 N–H and O–H groups in total. The fraction of sp³-hybridized carbons (Fsp3) is 0.698. The second-order valence-electron chi connectivity index (χ2n) is 16.5. The van der Waals surface area contributed by atoms with Crippen LogP contribution in [0, 0.1) is 23.7 Å². The third kappa shape index (κ3) is 13.1. The number of likely N-dealkylation sites (N-methyl/N-ethyl adjacent to an activating group) is 2. The lowest BCUT2D eigenvalue weighted by Crippen LogP contribution is -2.59. The van der Waals surface area contributed by atoms with E-state index in [0.717, 1.165) is 18.4 Å². The summed E-state index contributed by atoms with van der Waals surface area (Å²) in [6, 6.07) is 6.57. The van der Waals surface area contributed by atoms with Crippen molar-refractivity contribution >= 4 is 29.5 Å². The van der Waals surface area contributed by atoms with Gasteiger partial charge in [-0.1, -0.05) is 91.8 Å². The van der Waals surface area contributed by atoms with Gasteiger partial charge in [-0.05, 0) is 57.2 Å². The fourth-order valence-corrected chi connectivity index (χ4v) is 8.07. The maximum absolute atomic E-state index is 14.3. The van der Waals surface area contributed by atoms with Crippen molar-refractivity contribution in [1.29, 1.82) is 0 Å². The van der Waals surface area contributed by atoms with E-state index in [4.69, 9.17) is 9.47 Å². The van der Waals surface area contributed by atoms with Crippen LogP contribution in [0.3, 0.4) is 0 Å². The van der Waals surface area contributed by atoms with Crippen molar-refractivity contribution in [2.75, 3.05) is 41.9 Å². The third-order valence-corrected chi connectivity index (χ3v) is 11.2. The Hall–Kier alpha value is -3.81. The Morgan fingerprint density at radius 1 is 0.893 bits per heavy atom. The van der Waals surface area contributed by atoms with Gasteiger partial charge in [0.2, 0.25) is 29.5 Å². The number of nitrogens with zero attached hydrogens (tertiary/aromatic N) is 3. The molecule has 0 aliphatic carbocycles. The van der Waals surface area contributed by atoms with E-state index < -0.39 is 48.3 Å². The summed E-state index contributed by atoms with van der Waals surface area (Å²) in [5.74, 6) is -2.22. The van der Waals surface area contributed by atoms with Gasteiger partial charge in [-0.15, -0.1) is 0 Å². The van der Waals surface area contributed by atoms with Gasteiger partial charge in [0.15, 0.2) is 0 Å². The molecule has 1 aromatic carbocycles. The molecule has 0 spiro atoms. The molecule has 0 saturated carbocycles. The summed E-state index contributed by atoms with van der Waals surface area (Å²) in [6.45, 7) is 19.6. The predicted octanol–water partition coefficient (Wildman–Crippen LogP) is 4.01. The minimum atomic E-state index is -0.851. The summed E-state index contributed by atoms with van der Waals surface area (Å²) in [4.78, 5) is 74.3. The number of methoxy groups -OCH3 is 2. The zero-order valence-corrected chi connectivity index (χ0v) is 36.4. The maximum Gasteiger partial charge on any atom is 0.247 e. The normalized spacial score (nSPS) is 18.7. The van der Waals surface area contributed by atoms with Crippen LogP contribution in [0.15, 0.2) is 42.6 Å². The molecule has 1 aromatic rings. The molecule has 5 amide bonds. The van der Waals surface area contributed by atoms with Crippen LogP contribution >= 0.6 is 0 Å². The second kappa shape index (κ2) is 22.8. The summed E-state index contributed by atoms with van der Waals surface area (Å²) < 4.78 is 12.0. The van der Waals surface area contributed by atoms with E-state index in [9.17, 15) is 24.0 Å². The van der Waals surface area contributed by atoms with E-state index in [1.807, 2.05) is 90.9 Å². The van der Waals surface area contributed by atoms with Crippen molar-refractivity contribution in [2.24, 2.45) is 23.7 Å². The van der Waals surface area contributed by atoms with E-state index in [0.29, 0.717) is 18.7 Å². The summed E-state index contributed by atoms with van der Waals surface area (Å²) in [7, 11) is 8.52. The van der Waals surface area contributed by atoms with Crippen LogP contribution in [0.1, 0.15) is 86.6 Å². The molecule has 1 heterocycles. The van der Waals surface area contributed by atoms with Crippen LogP contribution in [-0.4, -0.2) is 129 Å². The number of nitrogens with one attached hydrogen (secondary N) is 3. The van der Waals surface area contributed by atoms with Gasteiger partial charge < -0.3 is 35.2 Å². The first-order chi connectivity index (χ1) is 26.3. The number of rotatable bonds is 22. The predicted molar refractivity (Wildman–Crippen MR) is 220 cm³/mol. The van der Waals surface area contributed by atoms with E-state index >= 15 is 0 Å². The van der Waals surface area contributed by atoms with Crippen LogP contribution in [0.5, 0.6) is 0 Å². The molecule has 13 heteroatoms. The highest BCUT2D eigenvalue weighted by Gasteiger charge is 2.43. The Kier molecular flexibility index (Phi) is 19.7. The average molecular weight is 785 g/mol. The lowest BCUT2D eigenvalue weighted by Gasteiger charge is -2.41. The van der Waals surface area contributed by atoms with E-state index in [-0.39, 0.29) is 60.1 Å². The molecule has 9 atom stereocenters. The van der Waals surface area contributed by atoms with Gasteiger partial charge in [-0.25, -0.2) is 0 Å². The van der Waals surface area contributed by atoms with E-state index in [2.05, 4.69) is 22.5 Å². The largest absolute Gasteiger partial charge is 0.379 e. The Bertz CT molecular complexity index is 1450. The van der Waals surface area contributed by atoms with E-state index in [1.54, 1.807) is 37.8 Å².